The van der Waals surface area contributed by atoms with Crippen LogP contribution in [0.1, 0.15) is 65.2 Å². The third-order valence-corrected chi connectivity index (χ3v) is 8.95. The number of carbonyl (C=O) groups is 3. The lowest BCUT2D eigenvalue weighted by Crippen LogP contribution is -2.57. The molecule has 4 aliphatic rings. The summed E-state index contributed by atoms with van der Waals surface area (Å²) < 4.78 is 11.7. The van der Waals surface area contributed by atoms with Crippen molar-refractivity contribution in [3.63, 3.8) is 0 Å². The lowest BCUT2D eigenvalue weighted by Gasteiger charge is -2.36. The summed E-state index contributed by atoms with van der Waals surface area (Å²) in [6.45, 7) is 4.82. The van der Waals surface area contributed by atoms with Crippen LogP contribution in [0, 0.1) is 17.8 Å². The largest absolute Gasteiger partial charge is 0.497 e. The van der Waals surface area contributed by atoms with Gasteiger partial charge in [-0.1, -0.05) is 64.2 Å². The maximum absolute atomic E-state index is 14.0. The predicted octanol–water partition coefficient (Wildman–Crippen LogP) is 4.06. The minimum Gasteiger partial charge on any atom is -0.497 e. The summed E-state index contributed by atoms with van der Waals surface area (Å²) in [5, 5.41) is 6.25. The number of rotatable bonds is 10. The fourth-order valence-electron chi connectivity index (χ4n) is 6.94. The second-order valence-electron chi connectivity index (χ2n) is 11.4. The van der Waals surface area contributed by atoms with Crippen LogP contribution < -0.4 is 15.4 Å². The van der Waals surface area contributed by atoms with Gasteiger partial charge < -0.3 is 25.0 Å². The molecule has 5 rings (SSSR count). The van der Waals surface area contributed by atoms with Crippen molar-refractivity contribution in [3.8, 4) is 5.75 Å². The molecule has 1 saturated carbocycles. The summed E-state index contributed by atoms with van der Waals surface area (Å²) in [5.41, 5.74) is -0.525. The molecular weight excluding hydrogens is 482 g/mol. The van der Waals surface area contributed by atoms with Gasteiger partial charge in [-0.3, -0.25) is 14.4 Å². The van der Waals surface area contributed by atoms with Crippen molar-refractivity contribution in [2.75, 3.05) is 19.0 Å². The first-order valence-corrected chi connectivity index (χ1v) is 14.3. The highest BCUT2D eigenvalue weighted by atomic mass is 16.5. The van der Waals surface area contributed by atoms with Crippen molar-refractivity contribution < 1.29 is 23.9 Å². The monoisotopic (exact) mass is 523 g/mol. The number of unbranched alkanes of at least 4 members (excludes halogenated alkanes) is 3. The molecular formula is C30H41N3O5. The highest BCUT2D eigenvalue weighted by Crippen LogP contribution is 2.55. The van der Waals surface area contributed by atoms with Crippen molar-refractivity contribution in [2.24, 2.45) is 17.8 Å². The first-order valence-electron chi connectivity index (χ1n) is 14.3. The molecule has 8 nitrogen and oxygen atoms in total. The molecule has 1 aromatic rings. The van der Waals surface area contributed by atoms with E-state index in [9.17, 15) is 14.4 Å². The molecule has 1 spiro atoms. The van der Waals surface area contributed by atoms with Crippen LogP contribution in [0.4, 0.5) is 5.69 Å². The molecule has 3 fully saturated rings. The lowest BCUT2D eigenvalue weighted by atomic mass is 9.74. The molecule has 3 aliphatic heterocycles. The summed E-state index contributed by atoms with van der Waals surface area (Å²) in [6, 6.07) is 6.47. The molecule has 0 radical (unpaired) electrons. The van der Waals surface area contributed by atoms with Crippen LogP contribution in [0.25, 0.3) is 0 Å². The van der Waals surface area contributed by atoms with Gasteiger partial charge in [0.1, 0.15) is 17.4 Å². The number of ether oxygens (including phenoxy) is 2. The number of methoxy groups -OCH3 is 1. The molecule has 1 aliphatic carbocycles. The number of fused-ring (bicyclic) bond motifs is 1. The fraction of sp³-hybridized carbons (Fsp3) is 0.633. The maximum Gasteiger partial charge on any atom is 0.246 e. The summed E-state index contributed by atoms with van der Waals surface area (Å²) in [5.74, 6) is -0.996. The summed E-state index contributed by atoms with van der Waals surface area (Å²) >= 11 is 0. The standard InChI is InChI=1S/C30H41N3O5/c1-4-5-6-9-17-33-26(28(35)32-22-14-8-7-11-19(22)2)30-16-15-23(38-30)24(25(30)29(33)36)27(34)31-20-12-10-13-21(18-20)37-3/h10,12-13,15-16,18-19,22-26H,4-9,11,14,17H2,1-3H3,(H,31,34)(H,32,35)/t19-,22-,23+,24+,25+,26-,30-/m0/s1. The number of nitrogens with zero attached hydrogens (tertiary/aromatic N) is 1. The van der Waals surface area contributed by atoms with E-state index in [1.54, 1.807) is 36.3 Å². The Morgan fingerprint density at radius 1 is 1.16 bits per heavy atom. The van der Waals surface area contributed by atoms with E-state index in [0.29, 0.717) is 23.9 Å². The summed E-state index contributed by atoms with van der Waals surface area (Å²) in [6.07, 6.45) is 11.5. The zero-order valence-electron chi connectivity index (χ0n) is 22.8. The molecule has 8 heteroatoms. The van der Waals surface area contributed by atoms with Crippen molar-refractivity contribution in [3.05, 3.63) is 36.4 Å². The number of hydrogen-bond donors (Lipinski definition) is 2. The van der Waals surface area contributed by atoms with Gasteiger partial charge >= 0.3 is 0 Å². The van der Waals surface area contributed by atoms with Gasteiger partial charge in [0.25, 0.3) is 0 Å². The normalized spacial score (nSPS) is 33.3. The summed E-state index contributed by atoms with van der Waals surface area (Å²) in [4.78, 5) is 43.2. The SMILES string of the molecule is CCCCCCN1C(=O)[C@H]2[C@H](C(=O)Nc3cccc(OC)c3)[C@H]3C=C[C@@]2(O3)[C@@H]1C(=O)N[C@H]1CCCC[C@@H]1C. The molecule has 2 saturated heterocycles. The third kappa shape index (κ3) is 4.72. The first kappa shape index (κ1) is 26.7. The highest BCUT2D eigenvalue weighted by Gasteiger charge is 2.72. The maximum atomic E-state index is 14.0. The van der Waals surface area contributed by atoms with Crippen LogP contribution in [0.5, 0.6) is 5.75 Å². The van der Waals surface area contributed by atoms with Gasteiger partial charge in [-0.15, -0.1) is 0 Å². The molecule has 2 N–H and O–H groups in total. The zero-order valence-corrected chi connectivity index (χ0v) is 22.8. The van der Waals surface area contributed by atoms with Gasteiger partial charge in [-0.25, -0.2) is 0 Å². The Morgan fingerprint density at radius 3 is 2.74 bits per heavy atom. The Labute approximate surface area is 225 Å². The molecule has 206 valence electrons. The van der Waals surface area contributed by atoms with Crippen LogP contribution >= 0.6 is 0 Å². The Morgan fingerprint density at radius 2 is 1.97 bits per heavy atom. The van der Waals surface area contributed by atoms with E-state index in [0.717, 1.165) is 44.9 Å². The Bertz CT molecular complexity index is 1090. The van der Waals surface area contributed by atoms with Crippen LogP contribution in [-0.4, -0.2) is 60.1 Å². The number of amides is 3. The lowest BCUT2D eigenvalue weighted by molar-refractivity contribution is -0.141. The predicted molar refractivity (Wildman–Crippen MR) is 145 cm³/mol. The van der Waals surface area contributed by atoms with E-state index in [1.807, 2.05) is 12.2 Å². The van der Waals surface area contributed by atoms with Crippen LogP contribution in [0.15, 0.2) is 36.4 Å². The van der Waals surface area contributed by atoms with E-state index >= 15 is 0 Å². The van der Waals surface area contributed by atoms with Crippen LogP contribution in [0.2, 0.25) is 0 Å². The van der Waals surface area contributed by atoms with E-state index in [-0.39, 0.29) is 23.8 Å². The van der Waals surface area contributed by atoms with Gasteiger partial charge in [0.2, 0.25) is 17.7 Å². The smallest absolute Gasteiger partial charge is 0.246 e. The minimum atomic E-state index is -1.12. The van der Waals surface area contributed by atoms with Gasteiger partial charge in [-0.2, -0.15) is 0 Å². The molecule has 1 aromatic carbocycles. The van der Waals surface area contributed by atoms with E-state index in [1.165, 1.54) is 6.42 Å². The van der Waals surface area contributed by atoms with Crippen molar-refractivity contribution in [1.29, 1.82) is 0 Å². The fourth-order valence-corrected chi connectivity index (χ4v) is 6.94. The van der Waals surface area contributed by atoms with Gasteiger partial charge in [-0.05, 0) is 37.3 Å². The minimum absolute atomic E-state index is 0.0958. The number of carbonyl (C=O) groups excluding carboxylic acids is 3. The number of hydrogen-bond acceptors (Lipinski definition) is 5. The highest BCUT2D eigenvalue weighted by molar-refractivity contribution is 6.02. The van der Waals surface area contributed by atoms with Gasteiger partial charge in [0.05, 0.1) is 25.0 Å². The Balaban J connectivity index is 1.41. The number of anilines is 1. The molecule has 2 bridgehead atoms. The second-order valence-corrected chi connectivity index (χ2v) is 11.4. The summed E-state index contributed by atoms with van der Waals surface area (Å²) in [7, 11) is 1.57. The number of nitrogens with one attached hydrogen (secondary N) is 2. The van der Waals surface area contributed by atoms with Crippen molar-refractivity contribution in [1.82, 2.24) is 10.2 Å². The quantitative estimate of drug-likeness (QED) is 0.356. The third-order valence-electron chi connectivity index (χ3n) is 8.95. The molecule has 0 aromatic heterocycles. The Hall–Kier alpha value is -2.87. The van der Waals surface area contributed by atoms with Crippen LogP contribution in [-0.2, 0) is 19.1 Å². The van der Waals surface area contributed by atoms with E-state index in [2.05, 4.69) is 24.5 Å². The molecule has 38 heavy (non-hydrogen) atoms. The van der Waals surface area contributed by atoms with Gasteiger partial charge in [0, 0.05) is 24.3 Å². The molecule has 3 heterocycles. The zero-order chi connectivity index (χ0) is 26.9. The first-order chi connectivity index (χ1) is 18.4. The number of likely N-dealkylation sites (tertiary alicyclic amines) is 1. The van der Waals surface area contributed by atoms with Gasteiger partial charge in [0.15, 0.2) is 0 Å². The van der Waals surface area contributed by atoms with Crippen molar-refractivity contribution >= 4 is 23.4 Å². The topological polar surface area (TPSA) is 97.0 Å². The van der Waals surface area contributed by atoms with Crippen molar-refractivity contribution in [2.45, 2.75) is 89.0 Å². The van der Waals surface area contributed by atoms with E-state index in [4.69, 9.17) is 9.47 Å². The average molecular weight is 524 g/mol. The second kappa shape index (κ2) is 11.1. The number of benzene rings is 1. The molecule has 7 atom stereocenters. The van der Waals surface area contributed by atoms with Crippen LogP contribution in [0.3, 0.4) is 0 Å². The average Bonchev–Trinajstić information content (AvgIpc) is 3.55. The molecule has 0 unspecified atom stereocenters. The van der Waals surface area contributed by atoms with E-state index < -0.39 is 29.6 Å². The molecule has 3 amide bonds. The Kier molecular flexibility index (Phi) is 7.80.